The standard InChI is InChI=1S/C46H62O4S2/c1-17-34(30-19-18-29-23-31(49-16)21-20-28(29)22-30)41(48)50-40-37(44(8,9)10)26-33(27-38(40)45(11,12)13)52-46(14,15)51-32-24-35(42(2,3)4)39(47)36(25-32)43(5,6)7/h18-27,34,47H,17H2,1-16H3/t34-/m1/s1. The maximum atomic E-state index is 14.2. The molecule has 0 radical (unpaired) electrons. The quantitative estimate of drug-likeness (QED) is 0.0797. The summed E-state index contributed by atoms with van der Waals surface area (Å²) in [6.45, 7) is 32.6. The van der Waals surface area contributed by atoms with Crippen LogP contribution in [0.3, 0.4) is 0 Å². The molecule has 282 valence electrons. The second kappa shape index (κ2) is 15.0. The third-order valence-corrected chi connectivity index (χ3v) is 11.9. The number of hydrogen-bond acceptors (Lipinski definition) is 6. The fraction of sp³-hybridized carbons (Fsp3) is 0.500. The Balaban J connectivity index is 1.75. The molecule has 1 N–H and O–H groups in total. The first-order valence-electron chi connectivity index (χ1n) is 18.5. The van der Waals surface area contributed by atoms with Gasteiger partial charge in [0.2, 0.25) is 0 Å². The third kappa shape index (κ3) is 9.71. The van der Waals surface area contributed by atoms with Gasteiger partial charge in [-0.15, -0.1) is 23.5 Å². The van der Waals surface area contributed by atoms with E-state index < -0.39 is 5.92 Å². The lowest BCUT2D eigenvalue weighted by Gasteiger charge is -2.32. The lowest BCUT2D eigenvalue weighted by Crippen LogP contribution is -2.25. The summed E-state index contributed by atoms with van der Waals surface area (Å²) in [5.74, 6) is 1.24. The Kier molecular flexibility index (Phi) is 12.0. The highest BCUT2D eigenvalue weighted by Crippen LogP contribution is 2.51. The molecule has 4 aromatic rings. The largest absolute Gasteiger partial charge is 0.507 e. The van der Waals surface area contributed by atoms with Crippen molar-refractivity contribution in [2.45, 2.75) is 152 Å². The molecule has 4 rings (SSSR count). The van der Waals surface area contributed by atoms with Gasteiger partial charge in [-0.3, -0.25) is 4.79 Å². The minimum absolute atomic E-state index is 0.201. The zero-order valence-electron chi connectivity index (χ0n) is 34.5. The van der Waals surface area contributed by atoms with E-state index in [1.165, 1.54) is 0 Å². The second-order valence-electron chi connectivity index (χ2n) is 18.7. The van der Waals surface area contributed by atoms with E-state index in [1.54, 1.807) is 7.11 Å². The summed E-state index contributed by atoms with van der Waals surface area (Å²) in [5, 5.41) is 13.5. The van der Waals surface area contributed by atoms with Crippen molar-refractivity contribution in [2.75, 3.05) is 7.11 Å². The zero-order chi connectivity index (χ0) is 39.2. The SMILES string of the molecule is CC[C@@H](C(=O)Oc1c(C(C)(C)C)cc(SC(C)(C)Sc2cc(C(C)(C)C)c(O)c(C(C)(C)C)c2)cc1C(C)(C)C)c1ccc2cc(OC)ccc2c1. The van der Waals surface area contributed by atoms with Crippen molar-refractivity contribution in [1.29, 1.82) is 0 Å². The Morgan fingerprint density at radius 2 is 1.06 bits per heavy atom. The van der Waals surface area contributed by atoms with E-state index in [-0.39, 0.29) is 31.7 Å². The Labute approximate surface area is 322 Å². The molecule has 0 spiro atoms. The average Bonchev–Trinajstić information content (AvgIpc) is 3.00. The van der Waals surface area contributed by atoms with Gasteiger partial charge in [0.05, 0.1) is 17.1 Å². The lowest BCUT2D eigenvalue weighted by molar-refractivity contribution is -0.136. The fourth-order valence-corrected chi connectivity index (χ4v) is 9.17. The van der Waals surface area contributed by atoms with Crippen molar-refractivity contribution >= 4 is 40.3 Å². The van der Waals surface area contributed by atoms with Crippen LogP contribution in [0.5, 0.6) is 17.2 Å². The number of aromatic hydroxyl groups is 1. The molecule has 0 heterocycles. The number of esters is 1. The number of phenols is 1. The van der Waals surface area contributed by atoms with Gasteiger partial charge in [-0.05, 0) is 94.7 Å². The molecule has 4 aromatic carbocycles. The van der Waals surface area contributed by atoms with Crippen LogP contribution in [0.2, 0.25) is 0 Å². The van der Waals surface area contributed by atoms with Gasteiger partial charge in [0.1, 0.15) is 17.2 Å². The molecule has 52 heavy (non-hydrogen) atoms. The van der Waals surface area contributed by atoms with Gasteiger partial charge in [0.25, 0.3) is 0 Å². The number of methoxy groups -OCH3 is 1. The molecular formula is C46H62O4S2. The van der Waals surface area contributed by atoms with E-state index in [9.17, 15) is 9.90 Å². The van der Waals surface area contributed by atoms with Gasteiger partial charge in [0, 0.05) is 32.0 Å². The second-order valence-corrected chi connectivity index (χ2v) is 22.3. The summed E-state index contributed by atoms with van der Waals surface area (Å²) in [7, 11) is 1.67. The molecule has 6 heteroatoms. The van der Waals surface area contributed by atoms with Crippen LogP contribution in [0.15, 0.2) is 70.5 Å². The Bertz CT molecular complexity index is 1860. The Morgan fingerprint density at radius 1 is 0.635 bits per heavy atom. The molecular weight excluding hydrogens is 681 g/mol. The molecule has 0 bridgehead atoms. The van der Waals surface area contributed by atoms with Crippen molar-refractivity contribution in [3.8, 4) is 17.2 Å². The summed E-state index contributed by atoms with van der Waals surface area (Å²) in [6, 6.07) is 21.0. The molecule has 0 saturated heterocycles. The number of ether oxygens (including phenoxy) is 2. The van der Waals surface area contributed by atoms with Gasteiger partial charge in [0.15, 0.2) is 0 Å². The highest BCUT2D eigenvalue weighted by atomic mass is 32.2. The van der Waals surface area contributed by atoms with Crippen LogP contribution in [0.25, 0.3) is 10.8 Å². The Hall–Kier alpha value is -3.09. The molecule has 0 aliphatic rings. The molecule has 0 unspecified atom stereocenters. The number of phenolic OH excluding ortho intramolecular Hbond substituents is 1. The van der Waals surface area contributed by atoms with Gasteiger partial charge < -0.3 is 14.6 Å². The van der Waals surface area contributed by atoms with Crippen LogP contribution < -0.4 is 9.47 Å². The topological polar surface area (TPSA) is 55.8 Å². The molecule has 0 amide bonds. The molecule has 0 aliphatic heterocycles. The normalized spacial score (nSPS) is 13.7. The fourth-order valence-electron chi connectivity index (χ4n) is 6.58. The predicted octanol–water partition coefficient (Wildman–Crippen LogP) is 13.5. The van der Waals surface area contributed by atoms with Crippen LogP contribution in [0, 0.1) is 0 Å². The third-order valence-electron chi connectivity index (χ3n) is 9.47. The first-order valence-corrected chi connectivity index (χ1v) is 20.1. The molecule has 0 saturated carbocycles. The van der Waals surface area contributed by atoms with E-state index in [2.05, 4.69) is 133 Å². The number of benzene rings is 4. The first-order chi connectivity index (χ1) is 23.7. The minimum atomic E-state index is -0.405. The monoisotopic (exact) mass is 742 g/mol. The minimum Gasteiger partial charge on any atom is -0.507 e. The maximum absolute atomic E-state index is 14.2. The van der Waals surface area contributed by atoms with Crippen molar-refractivity contribution in [3.63, 3.8) is 0 Å². The summed E-state index contributed by atoms with van der Waals surface area (Å²) in [5.41, 5.74) is 3.95. The van der Waals surface area contributed by atoms with Crippen LogP contribution in [-0.2, 0) is 26.5 Å². The molecule has 1 atom stereocenters. The van der Waals surface area contributed by atoms with Crippen LogP contribution in [0.4, 0.5) is 0 Å². The van der Waals surface area contributed by atoms with Gasteiger partial charge in [-0.1, -0.05) is 114 Å². The maximum Gasteiger partial charge on any atom is 0.318 e. The number of thioether (sulfide) groups is 2. The van der Waals surface area contributed by atoms with E-state index in [0.29, 0.717) is 17.9 Å². The number of carbonyl (C=O) groups excluding carboxylic acids is 1. The van der Waals surface area contributed by atoms with Crippen LogP contribution in [0.1, 0.15) is 144 Å². The molecule has 0 fully saturated rings. The van der Waals surface area contributed by atoms with E-state index >= 15 is 0 Å². The summed E-state index contributed by atoms with van der Waals surface area (Å²) < 4.78 is 11.7. The highest BCUT2D eigenvalue weighted by molar-refractivity contribution is 8.18. The van der Waals surface area contributed by atoms with Gasteiger partial charge in [-0.2, -0.15) is 0 Å². The smallest absolute Gasteiger partial charge is 0.318 e. The number of carbonyl (C=O) groups is 1. The molecule has 0 aromatic heterocycles. The van der Waals surface area contributed by atoms with Crippen LogP contribution in [-0.4, -0.2) is 22.3 Å². The zero-order valence-corrected chi connectivity index (χ0v) is 36.2. The molecule has 0 aliphatic carbocycles. The van der Waals surface area contributed by atoms with Gasteiger partial charge in [-0.25, -0.2) is 0 Å². The van der Waals surface area contributed by atoms with E-state index in [0.717, 1.165) is 54.1 Å². The van der Waals surface area contributed by atoms with Crippen LogP contribution >= 0.6 is 23.5 Å². The van der Waals surface area contributed by atoms with E-state index in [4.69, 9.17) is 9.47 Å². The summed E-state index contributed by atoms with van der Waals surface area (Å²) in [6.07, 6.45) is 0.626. The van der Waals surface area contributed by atoms with Crippen molar-refractivity contribution in [2.24, 2.45) is 0 Å². The Morgan fingerprint density at radius 3 is 1.48 bits per heavy atom. The summed E-state index contributed by atoms with van der Waals surface area (Å²) >= 11 is 3.64. The summed E-state index contributed by atoms with van der Waals surface area (Å²) in [4.78, 5) is 16.5. The first kappa shape index (κ1) is 41.7. The lowest BCUT2D eigenvalue weighted by atomic mass is 9.79. The predicted molar refractivity (Wildman–Crippen MR) is 224 cm³/mol. The average molecular weight is 743 g/mol. The highest BCUT2D eigenvalue weighted by Gasteiger charge is 2.34. The molecule has 4 nitrogen and oxygen atoms in total. The van der Waals surface area contributed by atoms with E-state index in [1.807, 2.05) is 54.7 Å². The van der Waals surface area contributed by atoms with Crippen molar-refractivity contribution in [1.82, 2.24) is 0 Å². The van der Waals surface area contributed by atoms with Crippen molar-refractivity contribution < 1.29 is 19.4 Å². The number of fused-ring (bicyclic) bond motifs is 1. The number of rotatable bonds is 9. The van der Waals surface area contributed by atoms with Crippen molar-refractivity contribution in [3.05, 3.63) is 88.5 Å². The number of hydrogen-bond donors (Lipinski definition) is 1. The van der Waals surface area contributed by atoms with Gasteiger partial charge >= 0.3 is 5.97 Å².